The smallest absolute Gasteiger partial charge is 0.261 e. The normalized spacial score (nSPS) is 10.9. The number of benzene rings is 1. The Morgan fingerprint density at radius 3 is 2.95 bits per heavy atom. The SMILES string of the molecule is COCCNCCNC(=O)c1cc2cc(F)ccc2s1. The molecular formula is C14H17FN2O2S. The molecule has 0 bridgehead atoms. The molecule has 0 atom stereocenters. The Morgan fingerprint density at radius 2 is 2.15 bits per heavy atom. The molecule has 0 radical (unpaired) electrons. The zero-order valence-electron chi connectivity index (χ0n) is 11.2. The van der Waals surface area contributed by atoms with Crippen LogP contribution in [0.25, 0.3) is 10.1 Å². The van der Waals surface area contributed by atoms with Gasteiger partial charge < -0.3 is 15.4 Å². The van der Waals surface area contributed by atoms with Gasteiger partial charge in [0.25, 0.3) is 5.91 Å². The van der Waals surface area contributed by atoms with E-state index < -0.39 is 0 Å². The summed E-state index contributed by atoms with van der Waals surface area (Å²) in [5.74, 6) is -0.412. The van der Waals surface area contributed by atoms with Gasteiger partial charge in [0, 0.05) is 31.4 Å². The summed E-state index contributed by atoms with van der Waals surface area (Å²) in [5, 5.41) is 6.73. The van der Waals surface area contributed by atoms with Crippen molar-refractivity contribution in [1.29, 1.82) is 0 Å². The summed E-state index contributed by atoms with van der Waals surface area (Å²) in [6.07, 6.45) is 0. The number of nitrogens with one attached hydrogen (secondary N) is 2. The molecule has 1 aromatic carbocycles. The van der Waals surface area contributed by atoms with Crippen molar-refractivity contribution >= 4 is 27.3 Å². The lowest BCUT2D eigenvalue weighted by molar-refractivity contribution is 0.0958. The second-order valence-electron chi connectivity index (χ2n) is 4.29. The third-order valence-electron chi connectivity index (χ3n) is 2.77. The second kappa shape index (κ2) is 7.33. The molecule has 0 aliphatic heterocycles. The zero-order chi connectivity index (χ0) is 14.4. The standard InChI is InChI=1S/C14H17FN2O2S/c1-19-7-6-16-4-5-17-14(18)13-9-10-8-11(15)2-3-12(10)20-13/h2-3,8-9,16H,4-7H2,1H3,(H,17,18). The molecule has 2 N–H and O–H groups in total. The second-order valence-corrected chi connectivity index (χ2v) is 5.38. The van der Waals surface area contributed by atoms with Crippen LogP contribution in [0, 0.1) is 5.82 Å². The number of fused-ring (bicyclic) bond motifs is 1. The molecule has 0 aliphatic carbocycles. The van der Waals surface area contributed by atoms with Gasteiger partial charge in [-0.15, -0.1) is 11.3 Å². The highest BCUT2D eigenvalue weighted by Gasteiger charge is 2.09. The summed E-state index contributed by atoms with van der Waals surface area (Å²) in [6, 6.07) is 6.25. The van der Waals surface area contributed by atoms with Gasteiger partial charge in [0.05, 0.1) is 11.5 Å². The number of halogens is 1. The van der Waals surface area contributed by atoms with E-state index in [4.69, 9.17) is 4.74 Å². The van der Waals surface area contributed by atoms with Crippen LogP contribution in [0.3, 0.4) is 0 Å². The van der Waals surface area contributed by atoms with Crippen LogP contribution in [-0.2, 0) is 4.74 Å². The number of methoxy groups -OCH3 is 1. The van der Waals surface area contributed by atoms with E-state index in [1.54, 1.807) is 19.2 Å². The summed E-state index contributed by atoms with van der Waals surface area (Å²) in [7, 11) is 1.65. The summed E-state index contributed by atoms with van der Waals surface area (Å²) in [4.78, 5) is 12.5. The molecule has 0 unspecified atom stereocenters. The third-order valence-corrected chi connectivity index (χ3v) is 3.89. The van der Waals surface area contributed by atoms with Gasteiger partial charge in [0.2, 0.25) is 0 Å². The summed E-state index contributed by atoms with van der Waals surface area (Å²) in [6.45, 7) is 2.64. The maximum Gasteiger partial charge on any atom is 0.261 e. The van der Waals surface area contributed by atoms with E-state index in [1.165, 1.54) is 23.5 Å². The minimum Gasteiger partial charge on any atom is -0.383 e. The van der Waals surface area contributed by atoms with Crippen molar-refractivity contribution in [3.05, 3.63) is 35.0 Å². The number of hydrogen-bond donors (Lipinski definition) is 2. The maximum atomic E-state index is 13.1. The number of rotatable bonds is 7. The first-order valence-corrected chi connectivity index (χ1v) is 7.19. The molecule has 1 amide bonds. The first-order chi connectivity index (χ1) is 9.70. The van der Waals surface area contributed by atoms with E-state index in [-0.39, 0.29) is 11.7 Å². The predicted octanol–water partition coefficient (Wildman–Crippen LogP) is 2.01. The van der Waals surface area contributed by atoms with Gasteiger partial charge in [-0.3, -0.25) is 4.79 Å². The van der Waals surface area contributed by atoms with Gasteiger partial charge in [-0.2, -0.15) is 0 Å². The number of hydrogen-bond acceptors (Lipinski definition) is 4. The third kappa shape index (κ3) is 4.00. The van der Waals surface area contributed by atoms with Crippen molar-refractivity contribution in [3.8, 4) is 0 Å². The molecule has 2 rings (SSSR count). The summed E-state index contributed by atoms with van der Waals surface area (Å²) in [5.41, 5.74) is 0. The van der Waals surface area contributed by atoms with E-state index in [9.17, 15) is 9.18 Å². The van der Waals surface area contributed by atoms with E-state index in [1.807, 2.05) is 0 Å². The van der Waals surface area contributed by atoms with E-state index in [2.05, 4.69) is 10.6 Å². The minimum absolute atomic E-state index is 0.125. The molecule has 108 valence electrons. The lowest BCUT2D eigenvalue weighted by Gasteiger charge is -2.05. The molecule has 0 saturated heterocycles. The molecule has 4 nitrogen and oxygen atoms in total. The number of carbonyl (C=O) groups excluding carboxylic acids is 1. The fourth-order valence-corrected chi connectivity index (χ4v) is 2.74. The highest BCUT2D eigenvalue weighted by molar-refractivity contribution is 7.20. The Hall–Kier alpha value is -1.50. The summed E-state index contributed by atoms with van der Waals surface area (Å²) >= 11 is 1.37. The zero-order valence-corrected chi connectivity index (χ0v) is 12.1. The molecule has 0 saturated carbocycles. The monoisotopic (exact) mass is 296 g/mol. The Bertz CT molecular complexity index is 586. The topological polar surface area (TPSA) is 50.4 Å². The molecule has 0 aliphatic rings. The summed E-state index contributed by atoms with van der Waals surface area (Å²) < 4.78 is 18.9. The highest BCUT2D eigenvalue weighted by Crippen LogP contribution is 2.26. The molecule has 20 heavy (non-hydrogen) atoms. The Kier molecular flexibility index (Phi) is 5.46. The van der Waals surface area contributed by atoms with Gasteiger partial charge in [0.1, 0.15) is 5.82 Å². The van der Waals surface area contributed by atoms with Gasteiger partial charge in [-0.25, -0.2) is 4.39 Å². The van der Waals surface area contributed by atoms with Crippen molar-refractivity contribution in [3.63, 3.8) is 0 Å². The minimum atomic E-state index is -0.287. The van der Waals surface area contributed by atoms with Crippen molar-refractivity contribution in [1.82, 2.24) is 10.6 Å². The van der Waals surface area contributed by atoms with Crippen LogP contribution in [0.15, 0.2) is 24.3 Å². The molecule has 0 fully saturated rings. The molecule has 0 spiro atoms. The van der Waals surface area contributed by atoms with Gasteiger partial charge in [-0.05, 0) is 29.7 Å². The number of amides is 1. The number of carbonyl (C=O) groups is 1. The highest BCUT2D eigenvalue weighted by atomic mass is 32.1. The Labute approximate surface area is 120 Å². The van der Waals surface area contributed by atoms with Gasteiger partial charge in [-0.1, -0.05) is 0 Å². The van der Waals surface area contributed by atoms with E-state index in [0.717, 1.165) is 16.6 Å². The van der Waals surface area contributed by atoms with Crippen LogP contribution in [0.2, 0.25) is 0 Å². The lowest BCUT2D eigenvalue weighted by atomic mass is 10.2. The quantitative estimate of drug-likeness (QED) is 0.769. The van der Waals surface area contributed by atoms with Crippen molar-refractivity contribution in [2.75, 3.05) is 33.4 Å². The van der Waals surface area contributed by atoms with Crippen LogP contribution >= 0.6 is 11.3 Å². The Morgan fingerprint density at radius 1 is 1.30 bits per heavy atom. The van der Waals surface area contributed by atoms with Crippen LogP contribution in [-0.4, -0.2) is 39.3 Å². The predicted molar refractivity (Wildman–Crippen MR) is 78.9 cm³/mol. The molecule has 6 heteroatoms. The van der Waals surface area contributed by atoms with Crippen LogP contribution in [0.1, 0.15) is 9.67 Å². The van der Waals surface area contributed by atoms with E-state index >= 15 is 0 Å². The molecule has 1 heterocycles. The average molecular weight is 296 g/mol. The number of ether oxygens (including phenoxy) is 1. The first-order valence-electron chi connectivity index (χ1n) is 6.37. The molecular weight excluding hydrogens is 279 g/mol. The van der Waals surface area contributed by atoms with Crippen LogP contribution in [0.5, 0.6) is 0 Å². The molecule has 1 aromatic heterocycles. The number of thiophene rings is 1. The van der Waals surface area contributed by atoms with Crippen molar-refractivity contribution < 1.29 is 13.9 Å². The van der Waals surface area contributed by atoms with Gasteiger partial charge in [0.15, 0.2) is 0 Å². The fourth-order valence-electron chi connectivity index (χ4n) is 1.78. The van der Waals surface area contributed by atoms with Crippen LogP contribution < -0.4 is 10.6 Å². The maximum absolute atomic E-state index is 13.1. The fraction of sp³-hybridized carbons (Fsp3) is 0.357. The van der Waals surface area contributed by atoms with Crippen LogP contribution in [0.4, 0.5) is 4.39 Å². The Balaban J connectivity index is 1.85. The largest absolute Gasteiger partial charge is 0.383 e. The van der Waals surface area contributed by atoms with Crippen molar-refractivity contribution in [2.45, 2.75) is 0 Å². The van der Waals surface area contributed by atoms with Gasteiger partial charge >= 0.3 is 0 Å². The lowest BCUT2D eigenvalue weighted by Crippen LogP contribution is -2.32. The average Bonchev–Trinajstić information content (AvgIpc) is 2.85. The van der Waals surface area contributed by atoms with E-state index in [0.29, 0.717) is 24.6 Å². The molecule has 2 aromatic rings. The van der Waals surface area contributed by atoms with Crippen molar-refractivity contribution in [2.24, 2.45) is 0 Å². The first kappa shape index (κ1) is 14.9.